The molecule has 0 spiro atoms. The minimum Gasteiger partial charge on any atom is -0.495 e. The molecule has 0 radical (unpaired) electrons. The second-order valence-electron chi connectivity index (χ2n) is 7.52. The lowest BCUT2D eigenvalue weighted by atomic mass is 10.2. The lowest BCUT2D eigenvalue weighted by molar-refractivity contribution is -0.367. The van der Waals surface area contributed by atoms with E-state index < -0.39 is 10.0 Å². The number of pyridine rings is 1. The van der Waals surface area contributed by atoms with Gasteiger partial charge in [0, 0.05) is 19.2 Å². The predicted octanol–water partition coefficient (Wildman–Crippen LogP) is 2.01. The number of H-pyrrole nitrogens is 1. The molecule has 2 fully saturated rings. The summed E-state index contributed by atoms with van der Waals surface area (Å²) >= 11 is 0. The van der Waals surface area contributed by atoms with E-state index in [1.807, 2.05) is 24.3 Å². The number of aromatic amines is 1. The Morgan fingerprint density at radius 3 is 2.21 bits per heavy atom. The van der Waals surface area contributed by atoms with Gasteiger partial charge in [-0.15, -0.1) is 0 Å². The van der Waals surface area contributed by atoms with E-state index in [1.165, 1.54) is 0 Å². The Hall–Kier alpha value is -2.32. The molecule has 0 unspecified atom stereocenters. The third-order valence-corrected chi connectivity index (χ3v) is 7.66. The van der Waals surface area contributed by atoms with Crippen LogP contribution in [0.4, 0.5) is 11.5 Å². The van der Waals surface area contributed by atoms with Gasteiger partial charge < -0.3 is 9.64 Å². The number of sulfonamides is 1. The van der Waals surface area contributed by atoms with Gasteiger partial charge >= 0.3 is 0 Å². The highest BCUT2D eigenvalue weighted by Gasteiger charge is 2.29. The van der Waals surface area contributed by atoms with E-state index in [1.54, 1.807) is 23.7 Å². The first-order valence-electron chi connectivity index (χ1n) is 10.2. The van der Waals surface area contributed by atoms with Crippen LogP contribution in [-0.2, 0) is 10.0 Å². The van der Waals surface area contributed by atoms with E-state index in [-0.39, 0.29) is 0 Å². The average Bonchev–Trinajstić information content (AvgIpc) is 2.80. The smallest absolute Gasteiger partial charge is 0.274 e. The number of piperazine rings is 1. The zero-order valence-corrected chi connectivity index (χ0v) is 17.7. The van der Waals surface area contributed by atoms with Crippen LogP contribution in [0.3, 0.4) is 0 Å². The highest BCUT2D eigenvalue weighted by Crippen LogP contribution is 2.29. The molecule has 0 saturated carbocycles. The van der Waals surface area contributed by atoms with Crippen LogP contribution in [0.25, 0.3) is 0 Å². The Kier molecular flexibility index (Phi) is 5.91. The quantitative estimate of drug-likeness (QED) is 0.745. The molecule has 1 aromatic carbocycles. The van der Waals surface area contributed by atoms with Gasteiger partial charge in [-0.3, -0.25) is 4.90 Å². The van der Waals surface area contributed by atoms with Gasteiger partial charge in [-0.2, -0.15) is 4.31 Å². The number of para-hydroxylation sites is 2. The fourth-order valence-electron chi connectivity index (χ4n) is 4.09. The van der Waals surface area contributed by atoms with Crippen molar-refractivity contribution in [2.45, 2.75) is 24.2 Å². The van der Waals surface area contributed by atoms with Crippen LogP contribution in [0, 0.1) is 0 Å². The van der Waals surface area contributed by atoms with Gasteiger partial charge in [-0.25, -0.2) is 13.4 Å². The van der Waals surface area contributed by atoms with E-state index in [2.05, 4.69) is 20.9 Å². The van der Waals surface area contributed by atoms with Crippen molar-refractivity contribution in [3.05, 3.63) is 42.6 Å². The van der Waals surface area contributed by atoms with Crippen molar-refractivity contribution in [3.63, 3.8) is 0 Å². The Labute approximate surface area is 172 Å². The summed E-state index contributed by atoms with van der Waals surface area (Å²) in [6.45, 7) is 4.70. The molecule has 0 bridgehead atoms. The SMILES string of the molecule is COc1ccccc1N1CCN(c2ccc(S(=O)(=O)N3CCCCC3)c[nH+]2)CC1. The molecule has 0 amide bonds. The number of benzene rings is 1. The second kappa shape index (κ2) is 8.59. The first-order valence-corrected chi connectivity index (χ1v) is 11.7. The monoisotopic (exact) mass is 417 g/mol. The van der Waals surface area contributed by atoms with Gasteiger partial charge in [0.15, 0.2) is 0 Å². The number of aromatic nitrogens is 1. The molecule has 7 nitrogen and oxygen atoms in total. The summed E-state index contributed by atoms with van der Waals surface area (Å²) in [6, 6.07) is 11.7. The van der Waals surface area contributed by atoms with Gasteiger partial charge in [0.25, 0.3) is 5.82 Å². The predicted molar refractivity (Wildman–Crippen MR) is 113 cm³/mol. The van der Waals surface area contributed by atoms with E-state index in [9.17, 15) is 8.42 Å². The molecule has 2 saturated heterocycles. The van der Waals surface area contributed by atoms with Crippen LogP contribution in [-0.4, -0.2) is 59.1 Å². The third kappa shape index (κ3) is 4.18. The molecule has 1 N–H and O–H groups in total. The lowest BCUT2D eigenvalue weighted by Crippen LogP contribution is -2.48. The third-order valence-electron chi connectivity index (χ3n) is 5.77. The molecule has 0 atom stereocenters. The van der Waals surface area contributed by atoms with Crippen LogP contribution in [0.15, 0.2) is 47.5 Å². The van der Waals surface area contributed by atoms with Crippen molar-refractivity contribution in [1.29, 1.82) is 0 Å². The van der Waals surface area contributed by atoms with E-state index in [0.29, 0.717) is 18.0 Å². The van der Waals surface area contributed by atoms with E-state index in [4.69, 9.17) is 4.74 Å². The van der Waals surface area contributed by atoms with Gasteiger partial charge in [0.2, 0.25) is 10.0 Å². The Balaban J connectivity index is 1.42. The minimum absolute atomic E-state index is 0.343. The first kappa shape index (κ1) is 20.0. The number of nitrogens with one attached hydrogen (secondary N) is 1. The van der Waals surface area contributed by atoms with Crippen molar-refractivity contribution in [1.82, 2.24) is 4.31 Å². The highest BCUT2D eigenvalue weighted by molar-refractivity contribution is 7.89. The van der Waals surface area contributed by atoms with Crippen LogP contribution in [0.5, 0.6) is 5.75 Å². The highest BCUT2D eigenvalue weighted by atomic mass is 32.2. The van der Waals surface area contributed by atoms with E-state index >= 15 is 0 Å². The molecular formula is C21H29N4O3S+. The summed E-state index contributed by atoms with van der Waals surface area (Å²) < 4.78 is 32.7. The van der Waals surface area contributed by atoms with Crippen LogP contribution in [0.2, 0.25) is 0 Å². The molecule has 2 aliphatic heterocycles. The van der Waals surface area contributed by atoms with Crippen molar-refractivity contribution < 1.29 is 18.1 Å². The fourth-order valence-corrected chi connectivity index (χ4v) is 5.58. The summed E-state index contributed by atoms with van der Waals surface area (Å²) in [5, 5.41) is 0. The molecule has 1 aromatic heterocycles. The summed E-state index contributed by atoms with van der Waals surface area (Å²) in [5.74, 6) is 1.84. The molecule has 29 heavy (non-hydrogen) atoms. The maximum absolute atomic E-state index is 12.8. The summed E-state index contributed by atoms with van der Waals surface area (Å²) in [5.41, 5.74) is 1.11. The molecule has 3 heterocycles. The molecular weight excluding hydrogens is 388 g/mol. The molecule has 4 rings (SSSR count). The fraction of sp³-hybridized carbons (Fsp3) is 0.476. The Morgan fingerprint density at radius 1 is 0.862 bits per heavy atom. The normalized spacial score (nSPS) is 18.7. The summed E-state index contributed by atoms with van der Waals surface area (Å²) in [4.78, 5) is 8.13. The largest absolute Gasteiger partial charge is 0.495 e. The van der Waals surface area contributed by atoms with Gasteiger partial charge in [-0.1, -0.05) is 18.6 Å². The number of piperidine rings is 1. The standard InChI is InChI=1S/C21H28N4O3S/c1-28-20-8-4-3-7-19(20)23-13-15-24(16-14-23)21-10-9-18(17-22-21)29(26,27)25-11-5-2-6-12-25/h3-4,7-10,17H,2,5-6,11-16H2,1H3/p+1. The zero-order chi connectivity index (χ0) is 20.3. The van der Waals surface area contributed by atoms with E-state index in [0.717, 1.165) is 62.7 Å². The number of methoxy groups -OCH3 is 1. The van der Waals surface area contributed by atoms with Gasteiger partial charge in [0.05, 0.1) is 25.9 Å². The van der Waals surface area contributed by atoms with Gasteiger partial charge in [0.1, 0.15) is 29.9 Å². The maximum atomic E-state index is 12.8. The Morgan fingerprint density at radius 2 is 1.55 bits per heavy atom. The number of hydrogen-bond donors (Lipinski definition) is 0. The van der Waals surface area contributed by atoms with Crippen LogP contribution >= 0.6 is 0 Å². The lowest BCUT2D eigenvalue weighted by Gasteiger charge is -2.33. The van der Waals surface area contributed by atoms with Crippen molar-refractivity contribution >= 4 is 21.5 Å². The first-order chi connectivity index (χ1) is 14.1. The number of rotatable bonds is 5. The number of nitrogens with zero attached hydrogens (tertiary/aromatic N) is 3. The van der Waals surface area contributed by atoms with Crippen molar-refractivity contribution in [3.8, 4) is 5.75 Å². The molecule has 0 aliphatic carbocycles. The average molecular weight is 418 g/mol. The minimum atomic E-state index is -3.40. The number of anilines is 2. The Bertz CT molecular complexity index is 919. The van der Waals surface area contributed by atoms with Gasteiger partial charge in [-0.05, 0) is 31.0 Å². The molecule has 156 valence electrons. The second-order valence-corrected chi connectivity index (χ2v) is 9.46. The zero-order valence-electron chi connectivity index (χ0n) is 16.9. The number of hydrogen-bond acceptors (Lipinski definition) is 5. The van der Waals surface area contributed by atoms with Crippen LogP contribution < -0.4 is 19.5 Å². The van der Waals surface area contributed by atoms with Crippen molar-refractivity contribution in [2.24, 2.45) is 0 Å². The van der Waals surface area contributed by atoms with Crippen LogP contribution in [0.1, 0.15) is 19.3 Å². The molecule has 2 aromatic rings. The van der Waals surface area contributed by atoms with Crippen molar-refractivity contribution in [2.75, 3.05) is 56.2 Å². The molecule has 8 heteroatoms. The summed E-state index contributed by atoms with van der Waals surface area (Å²) in [6.07, 6.45) is 4.62. The molecule has 2 aliphatic rings. The maximum Gasteiger partial charge on any atom is 0.274 e. The topological polar surface area (TPSA) is 67.2 Å². The summed E-state index contributed by atoms with van der Waals surface area (Å²) in [7, 11) is -1.70. The number of ether oxygens (including phenoxy) is 1.